The summed E-state index contributed by atoms with van der Waals surface area (Å²) in [6.45, 7) is 9.43. The van der Waals surface area contributed by atoms with Crippen molar-refractivity contribution in [3.63, 3.8) is 0 Å². The first-order valence-corrected chi connectivity index (χ1v) is 24.3. The third-order valence-corrected chi connectivity index (χ3v) is 15.9. The second kappa shape index (κ2) is 16.8. The first-order valence-electron chi connectivity index (χ1n) is 22.8. The van der Waals surface area contributed by atoms with Gasteiger partial charge in [-0.25, -0.2) is 18.1 Å². The number of benzene rings is 3. The number of carbonyl (C=O) groups is 1. The van der Waals surface area contributed by atoms with E-state index in [1.807, 2.05) is 12.1 Å². The van der Waals surface area contributed by atoms with E-state index in [1.165, 1.54) is 44.2 Å². The van der Waals surface area contributed by atoms with Crippen molar-refractivity contribution in [1.82, 2.24) is 19.6 Å². The number of anilines is 2. The van der Waals surface area contributed by atoms with Gasteiger partial charge in [0.15, 0.2) is 0 Å². The number of likely N-dealkylation sites (tertiary alicyclic amines) is 1. The Balaban J connectivity index is 0.846. The lowest BCUT2D eigenvalue weighted by atomic mass is 9.59. The molecular weight excluding hydrogens is 831 g/mol. The van der Waals surface area contributed by atoms with E-state index < -0.39 is 31.4 Å². The number of pyridine rings is 1. The lowest BCUT2D eigenvalue weighted by Gasteiger charge is -2.56. The Morgan fingerprint density at radius 1 is 0.969 bits per heavy atom. The normalized spacial score (nSPS) is 21.5. The van der Waals surface area contributed by atoms with Gasteiger partial charge < -0.3 is 24.7 Å². The Bertz CT molecular complexity index is 2680. The van der Waals surface area contributed by atoms with E-state index >= 15 is 0 Å². The molecule has 3 saturated heterocycles. The smallest absolute Gasteiger partial charge is 0.293 e. The average molecular weight is 888 g/mol. The molecule has 2 saturated carbocycles. The third kappa shape index (κ3) is 8.69. The summed E-state index contributed by atoms with van der Waals surface area (Å²) in [6.07, 6.45) is 13.3. The van der Waals surface area contributed by atoms with Gasteiger partial charge in [-0.1, -0.05) is 38.1 Å². The number of hydrogen-bond donors (Lipinski definition) is 3. The van der Waals surface area contributed by atoms with Gasteiger partial charge in [0.1, 0.15) is 22.8 Å². The minimum Gasteiger partial charge on any atom is -0.455 e. The van der Waals surface area contributed by atoms with Crippen LogP contribution in [0.3, 0.4) is 0 Å². The molecule has 1 atom stereocenters. The maximum absolute atomic E-state index is 14.0. The highest BCUT2D eigenvalue weighted by atomic mass is 32.2. The van der Waals surface area contributed by atoms with Gasteiger partial charge in [0.25, 0.3) is 21.6 Å². The van der Waals surface area contributed by atoms with Gasteiger partial charge in [-0.3, -0.25) is 19.8 Å². The number of fused-ring (bicyclic) bond motifs is 1. The van der Waals surface area contributed by atoms with E-state index in [-0.39, 0.29) is 28.3 Å². The molecule has 5 heterocycles. The number of hydrogen-bond acceptors (Lipinski definition) is 11. The first kappa shape index (κ1) is 42.4. The molecule has 3 N–H and O–H groups in total. The fraction of sp³-hybridized carbons (Fsp3) is 0.469. The summed E-state index contributed by atoms with van der Waals surface area (Å²) < 4.78 is 41.4. The first-order chi connectivity index (χ1) is 30.8. The summed E-state index contributed by atoms with van der Waals surface area (Å²) in [4.78, 5) is 37.7. The molecule has 1 spiro atoms. The fourth-order valence-corrected chi connectivity index (χ4v) is 11.9. The number of nitro benzene ring substituents is 1. The molecule has 5 aromatic rings. The number of sulfonamides is 1. The van der Waals surface area contributed by atoms with Crippen LogP contribution in [-0.2, 0) is 14.8 Å². The number of nitrogens with zero attached hydrogens (tertiary/aromatic N) is 4. The van der Waals surface area contributed by atoms with Gasteiger partial charge in [0.05, 0.1) is 21.6 Å². The molecule has 336 valence electrons. The minimum atomic E-state index is -4.54. The van der Waals surface area contributed by atoms with Crippen LogP contribution in [0.15, 0.2) is 90.1 Å². The second-order valence-corrected chi connectivity index (χ2v) is 21.4. The zero-order valence-corrected chi connectivity index (χ0v) is 37.4. The molecule has 64 heavy (non-hydrogen) atoms. The lowest BCUT2D eigenvalue weighted by Crippen LogP contribution is -2.55. The molecule has 14 nitrogen and oxygen atoms in total. The van der Waals surface area contributed by atoms with Gasteiger partial charge in [0.2, 0.25) is 0 Å². The van der Waals surface area contributed by atoms with Crippen molar-refractivity contribution in [2.45, 2.75) is 94.5 Å². The van der Waals surface area contributed by atoms with Crippen LogP contribution in [0.4, 0.5) is 17.1 Å². The van der Waals surface area contributed by atoms with Crippen LogP contribution in [0, 0.1) is 26.9 Å². The highest BCUT2D eigenvalue weighted by molar-refractivity contribution is 7.90. The number of piperidine rings is 1. The number of rotatable bonds is 13. The zero-order valence-electron chi connectivity index (χ0n) is 36.6. The van der Waals surface area contributed by atoms with E-state index in [0.29, 0.717) is 48.7 Å². The Labute approximate surface area is 374 Å². The van der Waals surface area contributed by atoms with E-state index in [4.69, 9.17) is 9.47 Å². The number of amides is 1. The molecule has 10 rings (SSSR count). The lowest BCUT2D eigenvalue weighted by molar-refractivity contribution is -0.384. The van der Waals surface area contributed by atoms with Crippen LogP contribution in [0.5, 0.6) is 11.5 Å². The maximum Gasteiger partial charge on any atom is 0.293 e. The molecule has 1 amide bonds. The van der Waals surface area contributed by atoms with Crippen molar-refractivity contribution in [3.8, 4) is 11.5 Å². The zero-order chi connectivity index (χ0) is 44.2. The van der Waals surface area contributed by atoms with Crippen molar-refractivity contribution in [1.29, 1.82) is 0 Å². The molecule has 15 heteroatoms. The average Bonchev–Trinajstić information content (AvgIpc) is 3.93. The van der Waals surface area contributed by atoms with Crippen molar-refractivity contribution < 1.29 is 27.6 Å². The number of nitro groups is 1. The summed E-state index contributed by atoms with van der Waals surface area (Å²) in [5.41, 5.74) is 5.04. The van der Waals surface area contributed by atoms with Crippen LogP contribution in [0.1, 0.15) is 105 Å². The summed E-state index contributed by atoms with van der Waals surface area (Å²) in [5.74, 6) is 0.622. The van der Waals surface area contributed by atoms with Crippen molar-refractivity contribution in [3.05, 3.63) is 112 Å². The second-order valence-electron chi connectivity index (χ2n) is 19.7. The molecule has 5 fully saturated rings. The predicted octanol–water partition coefficient (Wildman–Crippen LogP) is 9.32. The van der Waals surface area contributed by atoms with Gasteiger partial charge in [0, 0.05) is 80.9 Å². The topological polar surface area (TPSA) is 172 Å². The number of H-pyrrole nitrogens is 1. The number of carbonyl (C=O) groups excluding carboxylic acids is 1. The van der Waals surface area contributed by atoms with Crippen LogP contribution in [-0.4, -0.2) is 79.6 Å². The SMILES string of the molecule is CC1(C)CC(c2ccccc2C2CC2)N(C2CC3(CCN(c4ccc(C(=O)NS(=O)(=O)c5ccc(NCC6CCOCC6)c([N+](=O)[O-])c5)c(Oc5cnc6[nH]ccc6c5)c4)CC3)C2)C1. The number of aromatic amines is 1. The number of aromatic nitrogens is 2. The van der Waals surface area contributed by atoms with Gasteiger partial charge >= 0.3 is 0 Å². The molecule has 1 unspecified atom stereocenters. The molecule has 5 aliphatic rings. The largest absolute Gasteiger partial charge is 0.455 e. The monoisotopic (exact) mass is 887 g/mol. The van der Waals surface area contributed by atoms with E-state index in [1.54, 1.807) is 41.7 Å². The predicted molar refractivity (Wildman–Crippen MR) is 246 cm³/mol. The summed E-state index contributed by atoms with van der Waals surface area (Å²) in [6, 6.07) is 22.7. The highest BCUT2D eigenvalue weighted by Gasteiger charge is 2.52. The molecule has 0 radical (unpaired) electrons. The molecule has 2 aliphatic carbocycles. The Morgan fingerprint density at radius 2 is 1.73 bits per heavy atom. The summed E-state index contributed by atoms with van der Waals surface area (Å²) >= 11 is 0. The Morgan fingerprint density at radius 3 is 2.48 bits per heavy atom. The minimum absolute atomic E-state index is 0.00703. The van der Waals surface area contributed by atoms with Gasteiger partial charge in [-0.2, -0.15) is 0 Å². The Hall–Kier alpha value is -5.51. The quantitative estimate of drug-likeness (QED) is 0.0760. The van der Waals surface area contributed by atoms with Crippen molar-refractivity contribution in [2.75, 3.05) is 49.6 Å². The Kier molecular flexibility index (Phi) is 11.1. The van der Waals surface area contributed by atoms with E-state index in [0.717, 1.165) is 68.4 Å². The number of ether oxygens (including phenoxy) is 2. The standard InChI is InChI=1S/C49H57N7O7S/c1-48(2)28-44(40-6-4-3-5-39(40)33-7-8-33)55(31-48)36-26-49(27-36)16-19-54(20-17-49)35-9-11-41(45(24-35)63-37-23-34-13-18-50-46(34)52-30-37)47(57)53-64(60,61)38-10-12-42(43(25-38)56(58)59)51-29-32-14-21-62-22-15-32/h3-6,9-13,18,23-25,30,32-33,36,44,51H,7-8,14-17,19-22,26-29,31H2,1-2H3,(H,50,52)(H,53,57). The van der Waals surface area contributed by atoms with Crippen LogP contribution < -0.4 is 19.7 Å². The summed E-state index contributed by atoms with van der Waals surface area (Å²) in [5, 5.41) is 16.0. The van der Waals surface area contributed by atoms with Gasteiger partial charge in [-0.05, 0) is 128 Å². The van der Waals surface area contributed by atoms with Crippen LogP contribution in [0.25, 0.3) is 11.0 Å². The van der Waals surface area contributed by atoms with Crippen molar-refractivity contribution in [2.24, 2.45) is 16.7 Å². The molecular formula is C49H57N7O7S. The molecule has 3 aromatic carbocycles. The fourth-order valence-electron chi connectivity index (χ4n) is 10.9. The van der Waals surface area contributed by atoms with Crippen LogP contribution in [0.2, 0.25) is 0 Å². The maximum atomic E-state index is 14.0. The molecule has 0 bridgehead atoms. The summed E-state index contributed by atoms with van der Waals surface area (Å²) in [7, 11) is -4.54. The highest BCUT2D eigenvalue weighted by Crippen LogP contribution is 2.57. The molecule has 3 aliphatic heterocycles. The number of nitrogens with one attached hydrogen (secondary N) is 3. The van der Waals surface area contributed by atoms with E-state index in [2.05, 4.69) is 67.9 Å². The third-order valence-electron chi connectivity index (χ3n) is 14.6. The molecule has 2 aromatic heterocycles. The van der Waals surface area contributed by atoms with Crippen molar-refractivity contribution >= 4 is 44.0 Å². The van der Waals surface area contributed by atoms with Gasteiger partial charge in [-0.15, -0.1) is 0 Å². The van der Waals surface area contributed by atoms with Crippen LogP contribution >= 0.6 is 0 Å². The van der Waals surface area contributed by atoms with E-state index in [9.17, 15) is 23.3 Å².